The lowest BCUT2D eigenvalue weighted by Gasteiger charge is -2.49. The molecule has 5 N–H and O–H groups in total. The second-order valence-corrected chi connectivity index (χ2v) is 16.5. The van der Waals surface area contributed by atoms with Crippen molar-refractivity contribution >= 4 is 11.8 Å². The van der Waals surface area contributed by atoms with Crippen LogP contribution in [-0.4, -0.2) is 148 Å². The van der Waals surface area contributed by atoms with Crippen LogP contribution in [0.4, 0.5) is 0 Å². The van der Waals surface area contributed by atoms with Crippen molar-refractivity contribution in [3.05, 3.63) is 0 Å². The third-order valence-electron chi connectivity index (χ3n) is 11.8. The highest BCUT2D eigenvalue weighted by Crippen LogP contribution is 2.40. The Morgan fingerprint density at radius 2 is 1.49 bits per heavy atom. The van der Waals surface area contributed by atoms with Crippen LogP contribution in [0.2, 0.25) is 0 Å². The van der Waals surface area contributed by atoms with Crippen LogP contribution in [0.15, 0.2) is 0 Å². The summed E-state index contributed by atoms with van der Waals surface area (Å²) >= 11 is 0. The van der Waals surface area contributed by atoms with Crippen LogP contribution < -0.4 is 0 Å². The van der Waals surface area contributed by atoms with Gasteiger partial charge in [-0.2, -0.15) is 0 Å². The summed E-state index contributed by atoms with van der Waals surface area (Å²) in [4.78, 5) is 29.8. The number of cyclic esters (lactones) is 1. The minimum absolute atomic E-state index is 0.0936. The summed E-state index contributed by atoms with van der Waals surface area (Å²) in [5.41, 5.74) is -4.84. The molecule has 3 unspecified atom stereocenters. The molecule has 0 bridgehead atoms. The SMILES string of the molecule is CC[C@H]1OC(=O)[C@H](C)[C@@H](OC2C[C@@](C)(OC)[C@@H](O)[C@H](C)O2)[C@H](C)[C@@H](OC2O[C@H](C)C[C@H](N(C)C)[C@H]2O)C(C)(O)C[C@@H](C)C(=O)[C@H](C)[C@@H](O)[C@]1(C)O. The summed E-state index contributed by atoms with van der Waals surface area (Å²) < 4.78 is 37.1. The molecule has 3 aliphatic rings. The van der Waals surface area contributed by atoms with Gasteiger partial charge >= 0.3 is 5.97 Å². The maximum Gasteiger partial charge on any atom is 0.311 e. The molecule has 14 nitrogen and oxygen atoms in total. The van der Waals surface area contributed by atoms with Gasteiger partial charge in [0.2, 0.25) is 0 Å². The Kier molecular flexibility index (Phi) is 14.7. The predicted molar refractivity (Wildman–Crippen MR) is 186 cm³/mol. The van der Waals surface area contributed by atoms with Crippen molar-refractivity contribution in [2.75, 3.05) is 21.2 Å². The Balaban J connectivity index is 2.18. The summed E-state index contributed by atoms with van der Waals surface area (Å²) in [6.45, 7) is 16.3. The molecule has 51 heavy (non-hydrogen) atoms. The molecule has 3 heterocycles. The molecule has 0 spiro atoms. The predicted octanol–water partition coefficient (Wildman–Crippen LogP) is 1.79. The Morgan fingerprint density at radius 1 is 0.882 bits per heavy atom. The van der Waals surface area contributed by atoms with Gasteiger partial charge in [-0.1, -0.05) is 27.7 Å². The fourth-order valence-corrected chi connectivity index (χ4v) is 8.41. The Morgan fingerprint density at radius 3 is 2.04 bits per heavy atom. The Bertz CT molecular complexity index is 1170. The van der Waals surface area contributed by atoms with E-state index in [2.05, 4.69) is 0 Å². The van der Waals surface area contributed by atoms with E-state index >= 15 is 0 Å². The van der Waals surface area contributed by atoms with Gasteiger partial charge in [-0.25, -0.2) is 0 Å². The Labute approximate surface area is 304 Å². The second-order valence-electron chi connectivity index (χ2n) is 16.5. The zero-order valence-corrected chi connectivity index (χ0v) is 32.9. The molecule has 0 amide bonds. The topological polar surface area (TPSA) is 194 Å². The molecule has 14 heteroatoms. The van der Waals surface area contributed by atoms with Crippen molar-refractivity contribution in [1.82, 2.24) is 4.90 Å². The van der Waals surface area contributed by atoms with Crippen LogP contribution in [0.1, 0.15) is 94.9 Å². The number of Topliss-reactive ketones (excluding diaryl/α,β-unsaturated/α-hetero) is 1. The summed E-state index contributed by atoms with van der Waals surface area (Å²) in [7, 11) is 5.18. The van der Waals surface area contributed by atoms with Crippen molar-refractivity contribution in [1.29, 1.82) is 0 Å². The van der Waals surface area contributed by atoms with E-state index in [1.165, 1.54) is 27.9 Å². The first-order chi connectivity index (χ1) is 23.4. The number of methoxy groups -OCH3 is 1. The zero-order chi connectivity index (χ0) is 39.0. The summed E-state index contributed by atoms with van der Waals surface area (Å²) in [6, 6.07) is -0.324. The summed E-state index contributed by atoms with van der Waals surface area (Å²) in [5.74, 6) is -4.98. The van der Waals surface area contributed by atoms with Gasteiger partial charge in [0.05, 0.1) is 47.6 Å². The number of hydrogen-bond acceptors (Lipinski definition) is 14. The van der Waals surface area contributed by atoms with E-state index in [4.69, 9.17) is 28.4 Å². The van der Waals surface area contributed by atoms with Gasteiger partial charge in [0.1, 0.15) is 29.7 Å². The monoisotopic (exact) mass is 733 g/mol. The van der Waals surface area contributed by atoms with Crippen molar-refractivity contribution in [2.24, 2.45) is 23.7 Å². The van der Waals surface area contributed by atoms with Crippen molar-refractivity contribution < 1.29 is 63.5 Å². The first-order valence-corrected chi connectivity index (χ1v) is 18.5. The molecule has 0 aliphatic carbocycles. The molecule has 0 radical (unpaired) electrons. The van der Waals surface area contributed by atoms with Crippen molar-refractivity contribution in [2.45, 2.75) is 179 Å². The lowest BCUT2D eigenvalue weighted by molar-refractivity contribution is -0.318. The van der Waals surface area contributed by atoms with E-state index in [-0.39, 0.29) is 31.4 Å². The second kappa shape index (κ2) is 17.0. The smallest absolute Gasteiger partial charge is 0.311 e. The minimum atomic E-state index is -1.99. The van der Waals surface area contributed by atoms with Gasteiger partial charge in [0.15, 0.2) is 12.6 Å². The van der Waals surface area contributed by atoms with Crippen LogP contribution >= 0.6 is 0 Å². The first-order valence-electron chi connectivity index (χ1n) is 18.5. The number of aliphatic hydroxyl groups excluding tert-OH is 3. The zero-order valence-electron chi connectivity index (χ0n) is 32.9. The van der Waals surface area contributed by atoms with Gasteiger partial charge in [0, 0.05) is 37.3 Å². The van der Waals surface area contributed by atoms with E-state index in [9.17, 15) is 35.1 Å². The highest BCUT2D eigenvalue weighted by molar-refractivity contribution is 5.83. The molecule has 3 fully saturated rings. The largest absolute Gasteiger partial charge is 0.459 e. The van der Waals surface area contributed by atoms with Crippen LogP contribution in [0.25, 0.3) is 0 Å². The van der Waals surface area contributed by atoms with Gasteiger partial charge in [-0.3, -0.25) is 9.59 Å². The molecule has 0 aromatic carbocycles. The molecular weight excluding hydrogens is 666 g/mol. The Hall–Kier alpha value is -1.30. The number of ether oxygens (including phenoxy) is 6. The average Bonchev–Trinajstić information content (AvgIpc) is 3.05. The van der Waals surface area contributed by atoms with E-state index in [1.54, 1.807) is 41.5 Å². The summed E-state index contributed by atoms with van der Waals surface area (Å²) in [5, 5.41) is 57.6. The quantitative estimate of drug-likeness (QED) is 0.238. The van der Waals surface area contributed by atoms with E-state index in [0.29, 0.717) is 6.42 Å². The van der Waals surface area contributed by atoms with E-state index < -0.39 is 108 Å². The molecule has 3 saturated heterocycles. The first kappa shape index (κ1) is 44.1. The number of rotatable bonds is 7. The van der Waals surface area contributed by atoms with Gasteiger partial charge in [0.25, 0.3) is 0 Å². The number of nitrogens with zero attached hydrogens (tertiary/aromatic N) is 1. The molecule has 3 rings (SSSR count). The number of aliphatic hydroxyl groups is 5. The maximum absolute atomic E-state index is 14.1. The number of esters is 1. The standard InChI is InChI=1S/C37H67NO13/c1-14-25-37(10,45)30(41)20(4)27(39)18(2)16-35(8,44)32(51-34-28(40)24(38(11)12)15-19(3)47-34)21(5)29(22(6)33(43)49-25)50-26-17-36(9,46-13)31(42)23(7)48-26/h18-26,28-32,34,40-42,44-45H,14-17H2,1-13H3/t18-,19-,20+,21+,22-,23+,24+,25-,26?,28-,29+,30-,31+,32-,34?,35?,36-,37-/m1/s1. The van der Waals surface area contributed by atoms with Crippen LogP contribution in [-0.2, 0) is 38.0 Å². The normalized spacial score (nSPS) is 49.7. The number of carbonyl (C=O) groups is 2. The maximum atomic E-state index is 14.1. The number of ketones is 1. The number of carbonyl (C=O) groups excluding carboxylic acids is 2. The average molecular weight is 734 g/mol. The van der Waals surface area contributed by atoms with E-state index in [0.717, 1.165) is 0 Å². The van der Waals surface area contributed by atoms with Gasteiger partial charge in [-0.15, -0.1) is 0 Å². The van der Waals surface area contributed by atoms with Crippen molar-refractivity contribution in [3.63, 3.8) is 0 Å². The third kappa shape index (κ3) is 9.51. The van der Waals surface area contributed by atoms with Crippen LogP contribution in [0.5, 0.6) is 0 Å². The van der Waals surface area contributed by atoms with Crippen LogP contribution in [0.3, 0.4) is 0 Å². The molecule has 298 valence electrons. The number of hydrogen-bond donors (Lipinski definition) is 5. The fraction of sp³-hybridized carbons (Fsp3) is 0.946. The summed E-state index contributed by atoms with van der Waals surface area (Å²) in [6.07, 6.45) is -9.71. The van der Waals surface area contributed by atoms with Gasteiger partial charge in [-0.05, 0) is 74.9 Å². The molecule has 0 aromatic rings. The molecule has 18 atom stereocenters. The minimum Gasteiger partial charge on any atom is -0.459 e. The van der Waals surface area contributed by atoms with E-state index in [1.807, 2.05) is 25.9 Å². The number of likely N-dealkylation sites (N-methyl/N-ethyl adjacent to an activating group) is 1. The lowest BCUT2D eigenvalue weighted by Crippen LogP contribution is -2.61. The molecule has 0 aromatic heterocycles. The van der Waals surface area contributed by atoms with Crippen LogP contribution in [0, 0.1) is 23.7 Å². The fourth-order valence-electron chi connectivity index (χ4n) is 8.41. The van der Waals surface area contributed by atoms with Gasteiger partial charge < -0.3 is 58.9 Å². The lowest BCUT2D eigenvalue weighted by atomic mass is 9.74. The highest BCUT2D eigenvalue weighted by atomic mass is 16.7. The van der Waals surface area contributed by atoms with Crippen molar-refractivity contribution in [3.8, 4) is 0 Å². The highest BCUT2D eigenvalue weighted by Gasteiger charge is 2.53. The molecule has 0 saturated carbocycles. The molecular formula is C37H67NO13. The molecule has 3 aliphatic heterocycles. The third-order valence-corrected chi connectivity index (χ3v) is 11.8.